The summed E-state index contributed by atoms with van der Waals surface area (Å²) in [6, 6.07) is 12.9. The van der Waals surface area contributed by atoms with Crippen molar-refractivity contribution in [1.82, 2.24) is 4.90 Å². The minimum atomic E-state index is -3.73. The molecule has 8 heteroatoms. The largest absolute Gasteiger partial charge is 0.377 e. The Balaban J connectivity index is 1.74. The molecule has 3 rings (SSSR count). The predicted molar refractivity (Wildman–Crippen MR) is 112 cm³/mol. The Hall–Kier alpha value is -1.90. The van der Waals surface area contributed by atoms with Crippen molar-refractivity contribution in [3.63, 3.8) is 0 Å². The van der Waals surface area contributed by atoms with Crippen LogP contribution in [0.15, 0.2) is 57.9 Å². The zero-order chi connectivity index (χ0) is 20.1. The maximum atomic E-state index is 12.9. The number of rotatable bonds is 6. The van der Waals surface area contributed by atoms with E-state index in [1.165, 1.54) is 12.1 Å². The fraction of sp³-hybridized carbons (Fsp3) is 0.350. The molecule has 6 nitrogen and oxygen atoms in total. The molecular formula is C20H23BrN2O4S. The Bertz CT molecular complexity index is 929. The number of nitrogens with zero attached hydrogens (tertiary/aromatic N) is 1. The first kappa shape index (κ1) is 20.8. The third-order valence-electron chi connectivity index (χ3n) is 4.55. The van der Waals surface area contributed by atoms with Gasteiger partial charge in [0, 0.05) is 35.4 Å². The third-order valence-corrected chi connectivity index (χ3v) is 6.48. The molecule has 0 aliphatic carbocycles. The fourth-order valence-corrected chi connectivity index (χ4v) is 4.53. The van der Waals surface area contributed by atoms with Crippen molar-refractivity contribution in [2.75, 3.05) is 24.4 Å². The lowest BCUT2D eigenvalue weighted by atomic mass is 10.1. The topological polar surface area (TPSA) is 75.7 Å². The molecule has 150 valence electrons. The van der Waals surface area contributed by atoms with E-state index in [0.717, 1.165) is 17.3 Å². The second kappa shape index (κ2) is 9.07. The van der Waals surface area contributed by atoms with Crippen LogP contribution in [0, 0.1) is 0 Å². The highest BCUT2D eigenvalue weighted by Gasteiger charge is 2.25. The van der Waals surface area contributed by atoms with Crippen LogP contribution < -0.4 is 4.72 Å². The van der Waals surface area contributed by atoms with Gasteiger partial charge in [-0.15, -0.1) is 0 Å². The first-order chi connectivity index (χ1) is 13.4. The van der Waals surface area contributed by atoms with Crippen molar-refractivity contribution in [3.05, 3.63) is 58.6 Å². The Morgan fingerprint density at radius 2 is 2.00 bits per heavy atom. The SMILES string of the molecule is CCOC1CCCN(C(=O)c2cccc(NS(=O)(=O)c3ccc(Br)cc3)c2)C1. The second-order valence-corrected chi connectivity index (χ2v) is 9.21. The molecule has 1 unspecified atom stereocenters. The van der Waals surface area contributed by atoms with Crippen molar-refractivity contribution < 1.29 is 17.9 Å². The average molecular weight is 467 g/mol. The number of hydrogen-bond donors (Lipinski definition) is 1. The zero-order valence-electron chi connectivity index (χ0n) is 15.6. The molecule has 28 heavy (non-hydrogen) atoms. The highest BCUT2D eigenvalue weighted by Crippen LogP contribution is 2.21. The second-order valence-electron chi connectivity index (χ2n) is 6.61. The van der Waals surface area contributed by atoms with Gasteiger partial charge in [-0.3, -0.25) is 9.52 Å². The maximum Gasteiger partial charge on any atom is 0.261 e. The first-order valence-corrected chi connectivity index (χ1v) is 11.5. The molecule has 1 saturated heterocycles. The number of carbonyl (C=O) groups excluding carboxylic acids is 1. The molecule has 0 spiro atoms. The van der Waals surface area contributed by atoms with Gasteiger partial charge in [-0.05, 0) is 62.2 Å². The number of sulfonamides is 1. The van der Waals surface area contributed by atoms with Crippen LogP contribution in [0.1, 0.15) is 30.1 Å². The third kappa shape index (κ3) is 5.12. The van der Waals surface area contributed by atoms with Gasteiger partial charge in [-0.2, -0.15) is 0 Å². The molecule has 0 bridgehead atoms. The Morgan fingerprint density at radius 1 is 1.25 bits per heavy atom. The van der Waals surface area contributed by atoms with Gasteiger partial charge in [0.15, 0.2) is 0 Å². The van der Waals surface area contributed by atoms with E-state index in [9.17, 15) is 13.2 Å². The van der Waals surface area contributed by atoms with Gasteiger partial charge in [-0.1, -0.05) is 22.0 Å². The van der Waals surface area contributed by atoms with E-state index in [4.69, 9.17) is 4.74 Å². The molecule has 1 fully saturated rings. The molecule has 0 radical (unpaired) electrons. The Morgan fingerprint density at radius 3 is 2.71 bits per heavy atom. The van der Waals surface area contributed by atoms with Gasteiger partial charge in [0.25, 0.3) is 15.9 Å². The van der Waals surface area contributed by atoms with Crippen LogP contribution in [-0.4, -0.2) is 45.0 Å². The fourth-order valence-electron chi connectivity index (χ4n) is 3.22. The van der Waals surface area contributed by atoms with Gasteiger partial charge >= 0.3 is 0 Å². The summed E-state index contributed by atoms with van der Waals surface area (Å²) in [6.45, 7) is 3.81. The number of likely N-dealkylation sites (tertiary alicyclic amines) is 1. The Labute approximate surface area is 174 Å². The van der Waals surface area contributed by atoms with Crippen LogP contribution in [0.4, 0.5) is 5.69 Å². The summed E-state index contributed by atoms with van der Waals surface area (Å²) in [5, 5.41) is 0. The quantitative estimate of drug-likeness (QED) is 0.700. The number of halogens is 1. The highest BCUT2D eigenvalue weighted by atomic mass is 79.9. The van der Waals surface area contributed by atoms with E-state index in [1.807, 2.05) is 6.92 Å². The lowest BCUT2D eigenvalue weighted by Crippen LogP contribution is -2.43. The summed E-state index contributed by atoms with van der Waals surface area (Å²) >= 11 is 3.29. The highest BCUT2D eigenvalue weighted by molar-refractivity contribution is 9.10. The summed E-state index contributed by atoms with van der Waals surface area (Å²) < 4.78 is 34.1. The number of ether oxygens (including phenoxy) is 1. The lowest BCUT2D eigenvalue weighted by molar-refractivity contribution is 0.00724. The average Bonchev–Trinajstić information content (AvgIpc) is 2.68. The predicted octanol–water partition coefficient (Wildman–Crippen LogP) is 3.89. The van der Waals surface area contributed by atoms with Crippen molar-refractivity contribution in [2.45, 2.75) is 30.8 Å². The molecule has 1 heterocycles. The summed E-state index contributed by atoms with van der Waals surface area (Å²) in [7, 11) is -3.73. The molecule has 1 aliphatic rings. The molecule has 0 saturated carbocycles. The van der Waals surface area contributed by atoms with Crippen LogP contribution in [0.2, 0.25) is 0 Å². The minimum Gasteiger partial charge on any atom is -0.377 e. The zero-order valence-corrected chi connectivity index (χ0v) is 18.0. The van der Waals surface area contributed by atoms with Gasteiger partial charge < -0.3 is 9.64 Å². The number of anilines is 1. The number of piperidine rings is 1. The maximum absolute atomic E-state index is 12.9. The molecule has 0 aromatic heterocycles. The van der Waals surface area contributed by atoms with Gasteiger partial charge in [0.1, 0.15) is 0 Å². The van der Waals surface area contributed by atoms with Gasteiger partial charge in [-0.25, -0.2) is 8.42 Å². The Kier molecular flexibility index (Phi) is 6.74. The van der Waals surface area contributed by atoms with Crippen LogP contribution in [0.25, 0.3) is 0 Å². The lowest BCUT2D eigenvalue weighted by Gasteiger charge is -2.32. The van der Waals surface area contributed by atoms with E-state index in [0.29, 0.717) is 30.9 Å². The van der Waals surface area contributed by atoms with Crippen LogP contribution in [-0.2, 0) is 14.8 Å². The molecule has 1 amide bonds. The van der Waals surface area contributed by atoms with Crippen molar-refractivity contribution in [3.8, 4) is 0 Å². The molecule has 2 aromatic carbocycles. The smallest absolute Gasteiger partial charge is 0.261 e. The van der Waals surface area contributed by atoms with Crippen LogP contribution in [0.5, 0.6) is 0 Å². The van der Waals surface area contributed by atoms with E-state index in [1.54, 1.807) is 41.3 Å². The first-order valence-electron chi connectivity index (χ1n) is 9.18. The van der Waals surface area contributed by atoms with Crippen molar-refractivity contribution in [1.29, 1.82) is 0 Å². The van der Waals surface area contributed by atoms with Gasteiger partial charge in [0.05, 0.1) is 11.0 Å². The molecule has 2 aromatic rings. The molecule has 1 atom stereocenters. The van der Waals surface area contributed by atoms with Crippen LogP contribution >= 0.6 is 15.9 Å². The number of nitrogens with one attached hydrogen (secondary N) is 1. The number of benzene rings is 2. The van der Waals surface area contributed by atoms with E-state index in [-0.39, 0.29) is 16.9 Å². The molecular weight excluding hydrogens is 444 g/mol. The van der Waals surface area contributed by atoms with Crippen LogP contribution in [0.3, 0.4) is 0 Å². The molecule has 1 N–H and O–H groups in total. The summed E-state index contributed by atoms with van der Waals surface area (Å²) in [5.41, 5.74) is 0.806. The van der Waals surface area contributed by atoms with Gasteiger partial charge in [0.2, 0.25) is 0 Å². The summed E-state index contributed by atoms with van der Waals surface area (Å²) in [4.78, 5) is 14.8. The van der Waals surface area contributed by atoms with Crippen molar-refractivity contribution >= 4 is 37.5 Å². The monoisotopic (exact) mass is 466 g/mol. The number of amides is 1. The van der Waals surface area contributed by atoms with Crippen molar-refractivity contribution in [2.24, 2.45) is 0 Å². The number of carbonyl (C=O) groups is 1. The molecule has 1 aliphatic heterocycles. The minimum absolute atomic E-state index is 0.0572. The summed E-state index contributed by atoms with van der Waals surface area (Å²) in [6.07, 6.45) is 1.90. The van der Waals surface area contributed by atoms with E-state index >= 15 is 0 Å². The normalized spacial score (nSPS) is 17.4. The van der Waals surface area contributed by atoms with E-state index < -0.39 is 10.0 Å². The standard InChI is InChI=1S/C20H23BrN2O4S/c1-2-27-18-7-4-12-23(14-18)20(24)15-5-3-6-17(13-15)22-28(25,26)19-10-8-16(21)9-11-19/h3,5-6,8-11,13,18,22H,2,4,7,12,14H2,1H3. The summed E-state index contributed by atoms with van der Waals surface area (Å²) in [5.74, 6) is -0.117. The number of hydrogen-bond acceptors (Lipinski definition) is 4. The van der Waals surface area contributed by atoms with E-state index in [2.05, 4.69) is 20.7 Å².